The first-order valence-electron chi connectivity index (χ1n) is 12.9. The number of hydrogen-bond acceptors (Lipinski definition) is 4. The molecule has 2 aromatic carbocycles. The second kappa shape index (κ2) is 11.4. The summed E-state index contributed by atoms with van der Waals surface area (Å²) in [5, 5.41) is 3.48. The number of carbonyl (C=O) groups excluding carboxylic acids is 1. The second-order valence-electron chi connectivity index (χ2n) is 9.68. The van der Waals surface area contributed by atoms with Gasteiger partial charge in [-0.05, 0) is 66.6 Å². The average Bonchev–Trinajstić information content (AvgIpc) is 3.29. The molecule has 1 aliphatic rings. The Morgan fingerprint density at radius 1 is 1.10 bits per heavy atom. The molecule has 0 spiro atoms. The molecule has 0 radical (unpaired) electrons. The number of imidazole rings is 1. The van der Waals surface area contributed by atoms with E-state index in [0.29, 0.717) is 28.5 Å². The van der Waals surface area contributed by atoms with Crippen molar-refractivity contribution in [3.05, 3.63) is 94.1 Å². The minimum Gasteiger partial charge on any atom is -0.406 e. The summed E-state index contributed by atoms with van der Waals surface area (Å²) in [6.45, 7) is 3.64. The zero-order chi connectivity index (χ0) is 28.4. The van der Waals surface area contributed by atoms with Crippen LogP contribution in [-0.2, 0) is 13.0 Å². The molecule has 3 heterocycles. The van der Waals surface area contributed by atoms with Crippen LogP contribution in [0.25, 0.3) is 5.65 Å². The molecule has 2 aromatic heterocycles. The van der Waals surface area contributed by atoms with Gasteiger partial charge in [-0.15, -0.1) is 13.2 Å². The first-order valence-corrected chi connectivity index (χ1v) is 13.3. The summed E-state index contributed by atoms with van der Waals surface area (Å²) in [5.41, 5.74) is 4.05. The number of nitrogens with zero attached hydrogens (tertiary/aromatic N) is 3. The quantitative estimate of drug-likeness (QED) is 0.244. The first-order chi connectivity index (χ1) is 19.1. The summed E-state index contributed by atoms with van der Waals surface area (Å²) < 4.78 is 56.4. The number of benzene rings is 2. The molecule has 4 aromatic rings. The molecule has 11 heteroatoms. The third-order valence-corrected chi connectivity index (χ3v) is 7.40. The molecule has 1 fully saturated rings. The number of hydrogen-bond donors (Lipinski definition) is 1. The number of nitrogens with one attached hydrogen (secondary N) is 1. The van der Waals surface area contributed by atoms with Crippen molar-refractivity contribution in [3.63, 3.8) is 0 Å². The Bertz CT molecular complexity index is 1510. The standard InChI is InChI=1S/C29H27ClF4N4O2/c1-2-24-27(38-14-11-21(31)16-26(38)36-24)28(39)35-17-18-3-8-25(23(30)15-18)37-12-9-20(10-13-37)19-4-6-22(7-5-19)40-29(32,33)34/h3-8,11,14-16,20H,2,9-10,12-13,17H2,1H3,(H,35,39). The molecule has 0 saturated carbocycles. The lowest BCUT2D eigenvalue weighted by atomic mass is 9.89. The largest absolute Gasteiger partial charge is 0.573 e. The number of piperidine rings is 1. The molecular weight excluding hydrogens is 548 g/mol. The van der Waals surface area contributed by atoms with Crippen LogP contribution < -0.4 is 15.0 Å². The van der Waals surface area contributed by atoms with Crippen LogP contribution in [0.1, 0.15) is 53.0 Å². The Labute approximate surface area is 233 Å². The highest BCUT2D eigenvalue weighted by Crippen LogP contribution is 2.35. The third-order valence-electron chi connectivity index (χ3n) is 7.10. The van der Waals surface area contributed by atoms with E-state index in [1.807, 2.05) is 25.1 Å². The van der Waals surface area contributed by atoms with Crippen LogP contribution in [-0.4, -0.2) is 34.7 Å². The fourth-order valence-electron chi connectivity index (χ4n) is 5.13. The summed E-state index contributed by atoms with van der Waals surface area (Å²) in [6, 6.07) is 14.3. The lowest BCUT2D eigenvalue weighted by Gasteiger charge is -2.34. The maximum atomic E-state index is 13.6. The molecule has 0 bridgehead atoms. The number of pyridine rings is 1. The average molecular weight is 575 g/mol. The van der Waals surface area contributed by atoms with E-state index in [0.717, 1.165) is 42.7 Å². The zero-order valence-electron chi connectivity index (χ0n) is 21.6. The zero-order valence-corrected chi connectivity index (χ0v) is 22.4. The number of anilines is 1. The number of ether oxygens (including phenoxy) is 1. The van der Waals surface area contributed by atoms with Gasteiger partial charge >= 0.3 is 6.36 Å². The van der Waals surface area contributed by atoms with E-state index in [1.54, 1.807) is 16.5 Å². The maximum Gasteiger partial charge on any atom is 0.573 e. The summed E-state index contributed by atoms with van der Waals surface area (Å²) in [6.07, 6.45) is -1.02. The number of aryl methyl sites for hydroxylation is 1. The predicted molar refractivity (Wildman–Crippen MR) is 144 cm³/mol. The van der Waals surface area contributed by atoms with Crippen LogP contribution >= 0.6 is 11.6 Å². The number of amides is 1. The lowest BCUT2D eigenvalue weighted by molar-refractivity contribution is -0.274. The number of alkyl halides is 3. The Morgan fingerprint density at radius 3 is 2.48 bits per heavy atom. The molecule has 210 valence electrons. The van der Waals surface area contributed by atoms with E-state index in [-0.39, 0.29) is 24.1 Å². The smallest absolute Gasteiger partial charge is 0.406 e. The van der Waals surface area contributed by atoms with E-state index in [1.165, 1.54) is 30.5 Å². The number of fused-ring (bicyclic) bond motifs is 1. The van der Waals surface area contributed by atoms with Crippen molar-refractivity contribution in [2.24, 2.45) is 0 Å². The monoisotopic (exact) mass is 574 g/mol. The van der Waals surface area contributed by atoms with Gasteiger partial charge in [0.15, 0.2) is 0 Å². The maximum absolute atomic E-state index is 13.6. The van der Waals surface area contributed by atoms with Crippen LogP contribution in [0.4, 0.5) is 23.2 Å². The van der Waals surface area contributed by atoms with Crippen molar-refractivity contribution < 1.29 is 27.1 Å². The van der Waals surface area contributed by atoms with Crippen molar-refractivity contribution in [2.75, 3.05) is 18.0 Å². The summed E-state index contributed by atoms with van der Waals surface area (Å²) in [7, 11) is 0. The molecule has 6 nitrogen and oxygen atoms in total. The molecule has 0 atom stereocenters. The number of halogens is 5. The summed E-state index contributed by atoms with van der Waals surface area (Å²) >= 11 is 6.63. The molecule has 40 heavy (non-hydrogen) atoms. The van der Waals surface area contributed by atoms with Crippen molar-refractivity contribution in [3.8, 4) is 5.75 Å². The summed E-state index contributed by atoms with van der Waals surface area (Å²) in [5.74, 6) is -0.721. The van der Waals surface area contributed by atoms with Crippen molar-refractivity contribution >= 4 is 28.8 Å². The van der Waals surface area contributed by atoms with Crippen LogP contribution in [0.3, 0.4) is 0 Å². The Kier molecular flexibility index (Phi) is 7.89. The lowest BCUT2D eigenvalue weighted by Crippen LogP contribution is -2.33. The minimum absolute atomic E-state index is 0.225. The van der Waals surface area contributed by atoms with Crippen LogP contribution in [0, 0.1) is 5.82 Å². The van der Waals surface area contributed by atoms with Crippen LogP contribution in [0.15, 0.2) is 60.8 Å². The number of aromatic nitrogens is 2. The topological polar surface area (TPSA) is 58.9 Å². The molecule has 1 amide bonds. The second-order valence-corrected chi connectivity index (χ2v) is 10.1. The minimum atomic E-state index is -4.71. The summed E-state index contributed by atoms with van der Waals surface area (Å²) in [4.78, 5) is 19.6. The number of rotatable bonds is 7. The van der Waals surface area contributed by atoms with Gasteiger partial charge in [0, 0.05) is 31.9 Å². The Morgan fingerprint density at radius 2 is 1.82 bits per heavy atom. The van der Waals surface area contributed by atoms with Gasteiger partial charge in [0.05, 0.1) is 16.4 Å². The van der Waals surface area contributed by atoms with Gasteiger partial charge in [0.25, 0.3) is 5.91 Å². The van der Waals surface area contributed by atoms with Gasteiger partial charge in [-0.3, -0.25) is 9.20 Å². The highest BCUT2D eigenvalue weighted by Gasteiger charge is 2.31. The van der Waals surface area contributed by atoms with E-state index >= 15 is 0 Å². The predicted octanol–water partition coefficient (Wildman–Crippen LogP) is 6.90. The highest BCUT2D eigenvalue weighted by molar-refractivity contribution is 6.33. The molecule has 0 unspecified atom stereocenters. The fraction of sp³-hybridized carbons (Fsp3) is 0.310. The molecule has 0 aliphatic carbocycles. The molecule has 1 aliphatic heterocycles. The van der Waals surface area contributed by atoms with E-state index < -0.39 is 12.2 Å². The first kappa shape index (κ1) is 27.8. The highest BCUT2D eigenvalue weighted by atomic mass is 35.5. The van der Waals surface area contributed by atoms with Gasteiger partial charge in [-0.1, -0.05) is 36.7 Å². The molecule has 1 N–H and O–H groups in total. The van der Waals surface area contributed by atoms with Gasteiger partial charge < -0.3 is 15.0 Å². The van der Waals surface area contributed by atoms with Gasteiger partial charge in [-0.25, -0.2) is 9.37 Å². The number of carbonyl (C=O) groups is 1. The Hall–Kier alpha value is -3.79. The molecule has 5 rings (SSSR count). The van der Waals surface area contributed by atoms with E-state index in [4.69, 9.17) is 11.6 Å². The van der Waals surface area contributed by atoms with Crippen molar-refractivity contribution in [1.29, 1.82) is 0 Å². The SMILES string of the molecule is CCc1nc2cc(F)ccn2c1C(=O)NCc1ccc(N2CCC(c3ccc(OC(F)(F)F)cc3)CC2)c(Cl)c1. The Balaban J connectivity index is 1.19. The van der Waals surface area contributed by atoms with Gasteiger partial charge in [0.1, 0.15) is 22.9 Å². The van der Waals surface area contributed by atoms with Gasteiger partial charge in [-0.2, -0.15) is 0 Å². The van der Waals surface area contributed by atoms with Crippen LogP contribution in [0.2, 0.25) is 5.02 Å². The van der Waals surface area contributed by atoms with E-state index in [2.05, 4.69) is 19.9 Å². The fourth-order valence-corrected chi connectivity index (χ4v) is 5.46. The van der Waals surface area contributed by atoms with E-state index in [9.17, 15) is 22.4 Å². The molecular formula is C29H27ClF4N4O2. The van der Waals surface area contributed by atoms with Crippen molar-refractivity contribution in [2.45, 2.75) is 45.0 Å². The van der Waals surface area contributed by atoms with Gasteiger partial charge in [0.2, 0.25) is 0 Å². The van der Waals surface area contributed by atoms with Crippen LogP contribution in [0.5, 0.6) is 5.75 Å². The molecule has 1 saturated heterocycles. The van der Waals surface area contributed by atoms with Crippen molar-refractivity contribution in [1.82, 2.24) is 14.7 Å². The third kappa shape index (κ3) is 6.17. The normalized spacial score (nSPS) is 14.5.